The summed E-state index contributed by atoms with van der Waals surface area (Å²) in [5.74, 6) is 0. The first kappa shape index (κ1) is 11.9. The number of aromatic nitrogens is 1. The first-order chi connectivity index (χ1) is 8.27. The largest absolute Gasteiger partial charge is 0.362 e. The molecule has 1 saturated heterocycles. The first-order valence-electron chi connectivity index (χ1n) is 6.10. The maximum atomic E-state index is 9.16. The number of nitriles is 1. The van der Waals surface area contributed by atoms with Gasteiger partial charge in [-0.15, -0.1) is 0 Å². The van der Waals surface area contributed by atoms with Gasteiger partial charge in [-0.1, -0.05) is 0 Å². The normalized spacial score (nSPS) is 24.4. The maximum absolute atomic E-state index is 9.16. The molecule has 2 atom stereocenters. The first-order valence-corrected chi connectivity index (χ1v) is 6.10. The van der Waals surface area contributed by atoms with E-state index in [1.165, 1.54) is 6.42 Å². The van der Waals surface area contributed by atoms with Crippen LogP contribution in [0.2, 0.25) is 0 Å². The number of piperidine rings is 1. The van der Waals surface area contributed by atoms with Gasteiger partial charge in [0, 0.05) is 24.8 Å². The second-order valence-corrected chi connectivity index (χ2v) is 4.58. The molecule has 1 aliphatic rings. The van der Waals surface area contributed by atoms with Crippen LogP contribution in [0.3, 0.4) is 0 Å². The summed E-state index contributed by atoms with van der Waals surface area (Å²) in [4.78, 5) is 6.41. The molecular weight excluding hydrogens is 212 g/mol. The lowest BCUT2D eigenvalue weighted by Gasteiger charge is -2.42. The molecule has 1 aromatic heterocycles. The van der Waals surface area contributed by atoms with Crippen LogP contribution in [-0.4, -0.2) is 23.6 Å². The summed E-state index contributed by atoms with van der Waals surface area (Å²) < 4.78 is 0. The molecule has 0 amide bonds. The summed E-state index contributed by atoms with van der Waals surface area (Å²) in [7, 11) is 0. The minimum atomic E-state index is 0.329. The summed E-state index contributed by atoms with van der Waals surface area (Å²) in [5, 5.41) is 9.16. The summed E-state index contributed by atoms with van der Waals surface area (Å²) in [5.41, 5.74) is 7.46. The Morgan fingerprint density at radius 2 is 2.41 bits per heavy atom. The highest BCUT2D eigenvalue weighted by atomic mass is 15.2. The van der Waals surface area contributed by atoms with Crippen molar-refractivity contribution in [2.24, 2.45) is 5.73 Å². The minimum absolute atomic E-state index is 0.329. The minimum Gasteiger partial charge on any atom is -0.362 e. The van der Waals surface area contributed by atoms with Gasteiger partial charge in [0.2, 0.25) is 0 Å². The molecule has 0 aromatic carbocycles. The Morgan fingerprint density at radius 3 is 3.12 bits per heavy atom. The predicted molar refractivity (Wildman–Crippen MR) is 67.6 cm³/mol. The van der Waals surface area contributed by atoms with E-state index in [0.29, 0.717) is 24.2 Å². The van der Waals surface area contributed by atoms with E-state index in [1.807, 2.05) is 0 Å². The van der Waals surface area contributed by atoms with Gasteiger partial charge in [0.15, 0.2) is 0 Å². The Balaban J connectivity index is 2.38. The fourth-order valence-corrected chi connectivity index (χ4v) is 2.64. The number of hydrogen-bond acceptors (Lipinski definition) is 4. The summed E-state index contributed by atoms with van der Waals surface area (Å²) in [6.45, 7) is 2.82. The zero-order valence-electron chi connectivity index (χ0n) is 10.1. The van der Waals surface area contributed by atoms with E-state index >= 15 is 0 Å². The Kier molecular flexibility index (Phi) is 3.60. The molecule has 1 aromatic rings. The molecule has 0 spiro atoms. The second-order valence-electron chi connectivity index (χ2n) is 4.58. The molecule has 1 aliphatic heterocycles. The Morgan fingerprint density at radius 1 is 1.59 bits per heavy atom. The summed E-state index contributed by atoms with van der Waals surface area (Å²) in [6.07, 6.45) is 6.90. The third kappa shape index (κ3) is 2.25. The molecule has 2 heterocycles. The topological polar surface area (TPSA) is 65.9 Å². The van der Waals surface area contributed by atoms with Crippen molar-refractivity contribution in [3.8, 4) is 6.07 Å². The lowest BCUT2D eigenvalue weighted by Crippen LogP contribution is -2.49. The summed E-state index contributed by atoms with van der Waals surface area (Å²) in [6, 6.07) is 4.76. The van der Waals surface area contributed by atoms with Crippen molar-refractivity contribution in [1.82, 2.24) is 4.98 Å². The fraction of sp³-hybridized carbons (Fsp3) is 0.538. The number of nitrogens with two attached hydrogens (primary N) is 1. The van der Waals surface area contributed by atoms with Crippen molar-refractivity contribution in [3.05, 3.63) is 24.0 Å². The van der Waals surface area contributed by atoms with Crippen molar-refractivity contribution < 1.29 is 0 Å². The van der Waals surface area contributed by atoms with Gasteiger partial charge in [0.05, 0.1) is 17.4 Å². The molecule has 4 nitrogen and oxygen atoms in total. The van der Waals surface area contributed by atoms with Crippen molar-refractivity contribution in [1.29, 1.82) is 5.26 Å². The number of pyridine rings is 1. The Hall–Kier alpha value is -1.60. The van der Waals surface area contributed by atoms with Gasteiger partial charge in [-0.2, -0.15) is 5.26 Å². The van der Waals surface area contributed by atoms with Gasteiger partial charge in [0.1, 0.15) is 6.07 Å². The van der Waals surface area contributed by atoms with Crippen molar-refractivity contribution in [2.75, 3.05) is 11.4 Å². The number of rotatable bonds is 2. The molecule has 2 unspecified atom stereocenters. The molecular formula is C13H18N4. The second kappa shape index (κ2) is 5.15. The van der Waals surface area contributed by atoms with Crippen LogP contribution in [0.25, 0.3) is 0 Å². The van der Waals surface area contributed by atoms with E-state index in [4.69, 9.17) is 11.0 Å². The maximum Gasteiger partial charge on any atom is 0.101 e. The van der Waals surface area contributed by atoms with Crippen LogP contribution in [0.15, 0.2) is 18.5 Å². The third-order valence-corrected chi connectivity index (χ3v) is 3.50. The Bertz CT molecular complexity index is 424. The van der Waals surface area contributed by atoms with Crippen molar-refractivity contribution >= 4 is 5.69 Å². The number of hydrogen-bond donors (Lipinski definition) is 1. The smallest absolute Gasteiger partial charge is 0.101 e. The standard InChI is InChI=1S/C13H18N4/c1-10-3-2-4-12(8-15)17(10)13-9-16-6-5-11(13)7-14/h5-6,9-10,12H,2-4,8,15H2,1H3. The Labute approximate surface area is 102 Å². The SMILES string of the molecule is CC1CCCC(CN)N1c1cnccc1C#N. The van der Waals surface area contributed by atoms with E-state index in [1.54, 1.807) is 18.5 Å². The third-order valence-electron chi connectivity index (χ3n) is 3.50. The highest BCUT2D eigenvalue weighted by Gasteiger charge is 2.28. The molecule has 0 radical (unpaired) electrons. The highest BCUT2D eigenvalue weighted by molar-refractivity contribution is 5.59. The van der Waals surface area contributed by atoms with Crippen molar-refractivity contribution in [2.45, 2.75) is 38.3 Å². The molecule has 2 rings (SSSR count). The van der Waals surface area contributed by atoms with E-state index in [0.717, 1.165) is 18.5 Å². The van der Waals surface area contributed by atoms with Crippen molar-refractivity contribution in [3.63, 3.8) is 0 Å². The van der Waals surface area contributed by atoms with Crippen LogP contribution >= 0.6 is 0 Å². The molecule has 90 valence electrons. The lowest BCUT2D eigenvalue weighted by atomic mass is 9.95. The molecule has 17 heavy (non-hydrogen) atoms. The van der Waals surface area contributed by atoms with Crippen LogP contribution in [0, 0.1) is 11.3 Å². The molecule has 2 N–H and O–H groups in total. The monoisotopic (exact) mass is 230 g/mol. The zero-order valence-corrected chi connectivity index (χ0v) is 10.1. The highest BCUT2D eigenvalue weighted by Crippen LogP contribution is 2.30. The molecule has 1 fully saturated rings. The van der Waals surface area contributed by atoms with Gasteiger partial charge in [-0.25, -0.2) is 0 Å². The van der Waals surface area contributed by atoms with E-state index in [9.17, 15) is 0 Å². The molecule has 0 aliphatic carbocycles. The van der Waals surface area contributed by atoms with Gasteiger partial charge in [-0.3, -0.25) is 4.98 Å². The van der Waals surface area contributed by atoms with Crippen LogP contribution in [-0.2, 0) is 0 Å². The number of anilines is 1. The van der Waals surface area contributed by atoms with Gasteiger partial charge in [0.25, 0.3) is 0 Å². The van der Waals surface area contributed by atoms with Crippen LogP contribution in [0.1, 0.15) is 31.7 Å². The van der Waals surface area contributed by atoms with E-state index < -0.39 is 0 Å². The molecule has 4 heteroatoms. The van der Waals surface area contributed by atoms with Gasteiger partial charge >= 0.3 is 0 Å². The molecule has 0 saturated carbocycles. The average Bonchev–Trinajstić information content (AvgIpc) is 2.38. The number of nitrogens with zero attached hydrogens (tertiary/aromatic N) is 3. The quantitative estimate of drug-likeness (QED) is 0.839. The lowest BCUT2D eigenvalue weighted by molar-refractivity contribution is 0.400. The van der Waals surface area contributed by atoms with Crippen LogP contribution in [0.5, 0.6) is 0 Å². The van der Waals surface area contributed by atoms with E-state index in [2.05, 4.69) is 22.9 Å². The zero-order chi connectivity index (χ0) is 12.3. The van der Waals surface area contributed by atoms with E-state index in [-0.39, 0.29) is 0 Å². The van der Waals surface area contributed by atoms with Crippen LogP contribution in [0.4, 0.5) is 5.69 Å². The predicted octanol–water partition coefficient (Wildman–Crippen LogP) is 1.66. The average molecular weight is 230 g/mol. The van der Waals surface area contributed by atoms with Crippen LogP contribution < -0.4 is 10.6 Å². The van der Waals surface area contributed by atoms with Gasteiger partial charge in [-0.05, 0) is 32.3 Å². The fourth-order valence-electron chi connectivity index (χ4n) is 2.64. The molecule has 0 bridgehead atoms. The summed E-state index contributed by atoms with van der Waals surface area (Å²) >= 11 is 0. The van der Waals surface area contributed by atoms with Gasteiger partial charge < -0.3 is 10.6 Å².